The van der Waals surface area contributed by atoms with E-state index in [2.05, 4.69) is 15.2 Å². The van der Waals surface area contributed by atoms with Gasteiger partial charge < -0.3 is 5.11 Å². The van der Waals surface area contributed by atoms with Crippen molar-refractivity contribution in [3.05, 3.63) is 104 Å². The van der Waals surface area contributed by atoms with Crippen molar-refractivity contribution >= 4 is 80.5 Å². The molecule has 2 aromatic heterocycles. The molecule has 1 unspecified atom stereocenters. The Hall–Kier alpha value is -2.95. The number of rotatable bonds is 6. The summed E-state index contributed by atoms with van der Waals surface area (Å²) in [7, 11) is 0. The van der Waals surface area contributed by atoms with Gasteiger partial charge in [-0.2, -0.15) is 0 Å². The van der Waals surface area contributed by atoms with Crippen molar-refractivity contribution in [2.45, 2.75) is 16.1 Å². The number of amides is 1. The van der Waals surface area contributed by atoms with Crippen LogP contribution in [0.3, 0.4) is 0 Å². The lowest BCUT2D eigenvalue weighted by atomic mass is 9.96. The first-order valence-corrected chi connectivity index (χ1v) is 13.6. The second-order valence-electron chi connectivity index (χ2n) is 7.83. The summed E-state index contributed by atoms with van der Waals surface area (Å²) in [6, 6.07) is 14.1. The number of carbonyl (C=O) groups is 2. The number of carbonyl (C=O) groups excluding carboxylic acids is 2. The largest absolute Gasteiger partial charge is 0.507 e. The lowest BCUT2D eigenvalue weighted by molar-refractivity contribution is -0.132. The van der Waals surface area contributed by atoms with Gasteiger partial charge in [0.2, 0.25) is 5.13 Å². The zero-order chi connectivity index (χ0) is 26.1. The van der Waals surface area contributed by atoms with Gasteiger partial charge in [-0.1, -0.05) is 76.1 Å². The van der Waals surface area contributed by atoms with Crippen LogP contribution < -0.4 is 4.90 Å². The van der Waals surface area contributed by atoms with Crippen LogP contribution in [0.15, 0.2) is 76.9 Å². The fourth-order valence-electron chi connectivity index (χ4n) is 3.79. The quantitative estimate of drug-likeness (QED) is 0.0867. The molecule has 1 aliphatic rings. The van der Waals surface area contributed by atoms with Crippen molar-refractivity contribution in [2.75, 3.05) is 4.90 Å². The van der Waals surface area contributed by atoms with E-state index in [4.69, 9.17) is 34.8 Å². The van der Waals surface area contributed by atoms with E-state index in [1.54, 1.807) is 48.5 Å². The Balaban J connectivity index is 1.52. The fourth-order valence-corrected chi connectivity index (χ4v) is 6.34. The van der Waals surface area contributed by atoms with Gasteiger partial charge in [-0.3, -0.25) is 19.5 Å². The number of pyridine rings is 1. The van der Waals surface area contributed by atoms with Crippen LogP contribution in [0.4, 0.5) is 5.13 Å². The Labute approximate surface area is 234 Å². The number of nitrogens with zero attached hydrogens (tertiary/aromatic N) is 4. The first-order valence-electron chi connectivity index (χ1n) is 10.7. The highest BCUT2D eigenvalue weighted by atomic mass is 35.5. The maximum absolute atomic E-state index is 13.3. The smallest absolute Gasteiger partial charge is 0.301 e. The third-order valence-corrected chi connectivity index (χ3v) is 8.50. The van der Waals surface area contributed by atoms with Gasteiger partial charge >= 0.3 is 5.91 Å². The van der Waals surface area contributed by atoms with E-state index in [1.165, 1.54) is 29.1 Å². The Morgan fingerprint density at radius 3 is 2.38 bits per heavy atom. The Kier molecular flexibility index (Phi) is 7.50. The normalized spacial score (nSPS) is 16.9. The summed E-state index contributed by atoms with van der Waals surface area (Å²) in [5.74, 6) is -1.44. The lowest BCUT2D eigenvalue weighted by Gasteiger charge is -2.22. The van der Waals surface area contributed by atoms with Crippen LogP contribution in [0.1, 0.15) is 22.7 Å². The predicted octanol–water partition coefficient (Wildman–Crippen LogP) is 6.81. The number of hydrogen-bond donors (Lipinski definition) is 1. The number of benzene rings is 2. The maximum atomic E-state index is 13.3. The molecule has 0 bridgehead atoms. The molecule has 12 heteroatoms. The van der Waals surface area contributed by atoms with E-state index in [9.17, 15) is 14.7 Å². The average molecular weight is 590 g/mol. The van der Waals surface area contributed by atoms with Crippen LogP contribution in [0.5, 0.6) is 0 Å². The molecule has 4 aromatic rings. The first-order chi connectivity index (χ1) is 17.8. The van der Waals surface area contributed by atoms with Crippen LogP contribution in [0, 0.1) is 0 Å². The van der Waals surface area contributed by atoms with E-state index in [1.807, 2.05) is 6.07 Å². The molecular weight excluding hydrogens is 575 g/mol. The summed E-state index contributed by atoms with van der Waals surface area (Å²) in [4.78, 5) is 31.7. The highest BCUT2D eigenvalue weighted by Gasteiger charge is 2.48. The molecule has 0 aliphatic carbocycles. The van der Waals surface area contributed by atoms with Crippen LogP contribution in [0.25, 0.3) is 5.76 Å². The van der Waals surface area contributed by atoms with Crippen molar-refractivity contribution in [2.24, 2.45) is 0 Å². The molecule has 2 aromatic carbocycles. The molecule has 0 radical (unpaired) electrons. The number of aromatic nitrogens is 3. The molecule has 37 heavy (non-hydrogen) atoms. The van der Waals surface area contributed by atoms with Crippen molar-refractivity contribution in [3.63, 3.8) is 0 Å². The zero-order valence-electron chi connectivity index (χ0n) is 18.6. The number of anilines is 1. The van der Waals surface area contributed by atoms with E-state index in [0.717, 1.165) is 16.9 Å². The number of thioether (sulfide) groups is 1. The van der Waals surface area contributed by atoms with Crippen molar-refractivity contribution in [1.82, 2.24) is 15.2 Å². The van der Waals surface area contributed by atoms with Gasteiger partial charge in [-0.15, -0.1) is 10.2 Å². The van der Waals surface area contributed by atoms with Gasteiger partial charge in [0.05, 0.1) is 11.6 Å². The summed E-state index contributed by atoms with van der Waals surface area (Å²) in [5.41, 5.74) is 1.75. The zero-order valence-corrected chi connectivity index (χ0v) is 22.5. The summed E-state index contributed by atoms with van der Waals surface area (Å²) in [6.45, 7) is 0. The Bertz CT molecular complexity index is 1530. The van der Waals surface area contributed by atoms with Gasteiger partial charge in [0, 0.05) is 38.8 Å². The lowest BCUT2D eigenvalue weighted by Crippen LogP contribution is -2.29. The molecule has 7 nitrogen and oxygen atoms in total. The third kappa shape index (κ3) is 5.23. The van der Waals surface area contributed by atoms with Gasteiger partial charge in [-0.25, -0.2) is 0 Å². The molecule has 1 N–H and O–H groups in total. The number of aliphatic hydroxyl groups excluding tert-OH is 1. The van der Waals surface area contributed by atoms with E-state index in [0.29, 0.717) is 36.3 Å². The molecule has 5 rings (SSSR count). The highest BCUT2D eigenvalue weighted by molar-refractivity contribution is 8.00. The first kappa shape index (κ1) is 25.7. The summed E-state index contributed by atoms with van der Waals surface area (Å²) < 4.78 is 0.576. The maximum Gasteiger partial charge on any atom is 0.301 e. The molecule has 1 aliphatic heterocycles. The topological polar surface area (TPSA) is 96.3 Å². The molecule has 1 fully saturated rings. The minimum Gasteiger partial charge on any atom is -0.507 e. The molecule has 1 atom stereocenters. The second kappa shape index (κ2) is 10.8. The summed E-state index contributed by atoms with van der Waals surface area (Å²) in [6.07, 6.45) is 2.98. The number of Topliss-reactive ketones (excluding diaryl/α,β-unsaturated/α-hetero) is 1. The van der Waals surface area contributed by atoms with Crippen LogP contribution in [-0.2, 0) is 15.3 Å². The summed E-state index contributed by atoms with van der Waals surface area (Å²) in [5, 5.41) is 21.3. The molecule has 186 valence electrons. The van der Waals surface area contributed by atoms with Crippen molar-refractivity contribution in [3.8, 4) is 0 Å². The van der Waals surface area contributed by atoms with Crippen molar-refractivity contribution in [1.29, 1.82) is 0 Å². The molecule has 3 heterocycles. The Morgan fingerprint density at radius 1 is 0.973 bits per heavy atom. The van der Waals surface area contributed by atoms with E-state index < -0.39 is 17.7 Å². The van der Waals surface area contributed by atoms with Gasteiger partial charge in [0.25, 0.3) is 5.78 Å². The van der Waals surface area contributed by atoms with E-state index in [-0.39, 0.29) is 16.5 Å². The number of hydrogen-bond acceptors (Lipinski definition) is 8. The predicted molar refractivity (Wildman–Crippen MR) is 146 cm³/mol. The molecule has 0 spiro atoms. The van der Waals surface area contributed by atoms with Gasteiger partial charge in [-0.05, 0) is 47.5 Å². The minimum atomic E-state index is -0.929. The molecule has 1 saturated heterocycles. The number of ketones is 1. The number of halogens is 3. The summed E-state index contributed by atoms with van der Waals surface area (Å²) >= 11 is 20.9. The van der Waals surface area contributed by atoms with Crippen molar-refractivity contribution < 1.29 is 14.7 Å². The second-order valence-corrected chi connectivity index (χ2v) is 11.3. The van der Waals surface area contributed by atoms with Crippen LogP contribution >= 0.6 is 57.9 Å². The van der Waals surface area contributed by atoms with E-state index >= 15 is 0 Å². The number of aliphatic hydroxyl groups is 1. The molecule has 0 saturated carbocycles. The SMILES string of the molecule is O=C1C(=O)N(c2nnc(SCc3ccc(Cl)cc3Cl)s2)C(c2ccc(Cl)cc2)/C1=C(\O)c1ccncc1. The molecular formula is C25H15Cl3N4O3S2. The highest BCUT2D eigenvalue weighted by Crippen LogP contribution is 2.44. The minimum absolute atomic E-state index is 0.0594. The van der Waals surface area contributed by atoms with Gasteiger partial charge in [0.15, 0.2) is 4.34 Å². The fraction of sp³-hybridized carbons (Fsp3) is 0.0800. The average Bonchev–Trinajstić information content (AvgIpc) is 3.46. The van der Waals surface area contributed by atoms with Crippen LogP contribution in [0.2, 0.25) is 15.1 Å². The molecule has 1 amide bonds. The standard InChI is InChI=1S/C25H15Cl3N4O3S2/c26-16-4-1-13(2-5-16)20-19(21(33)14-7-9-29-10-8-14)22(34)23(35)32(20)24-30-31-25(37-24)36-12-15-3-6-17(27)11-18(15)28/h1-11,20,33H,12H2/b21-19+. The Morgan fingerprint density at radius 2 is 1.68 bits per heavy atom. The third-order valence-electron chi connectivity index (χ3n) is 5.55. The monoisotopic (exact) mass is 588 g/mol. The van der Waals surface area contributed by atoms with Gasteiger partial charge in [0.1, 0.15) is 5.76 Å². The van der Waals surface area contributed by atoms with Crippen LogP contribution in [-0.4, -0.2) is 32.0 Å².